The molecule has 2 aromatic rings. The number of likely N-dealkylation sites (N-methyl/N-ethyl adjacent to an activating group) is 1. The molecule has 6 nitrogen and oxygen atoms in total. The molecule has 2 aromatic carbocycles. The fraction of sp³-hybridized carbons (Fsp3) is 0.200. The number of ketones is 1. The molecule has 1 saturated heterocycles. The standard InChI is InChI=1S/C20H18BrNO5/c1-22-17(14-9-8-13(26-2)10-15(14)27-3)16(19(24)20(22)25)18(23)11-4-6-12(21)7-5-11/h4-10,17,23H,1-3H3. The van der Waals surface area contributed by atoms with Crippen LogP contribution in [0.3, 0.4) is 0 Å². The number of rotatable bonds is 4. The average molecular weight is 432 g/mol. The maximum atomic E-state index is 12.6. The van der Waals surface area contributed by atoms with E-state index < -0.39 is 17.7 Å². The summed E-state index contributed by atoms with van der Waals surface area (Å²) in [6.45, 7) is 0. The Kier molecular flexibility index (Phi) is 5.23. The highest BCUT2D eigenvalue weighted by atomic mass is 79.9. The molecule has 3 rings (SSSR count). The molecule has 0 aromatic heterocycles. The minimum atomic E-state index is -0.769. The second-order valence-corrected chi connectivity index (χ2v) is 6.94. The summed E-state index contributed by atoms with van der Waals surface area (Å²) in [7, 11) is 4.55. The number of ether oxygens (including phenoxy) is 2. The van der Waals surface area contributed by atoms with Gasteiger partial charge in [-0.2, -0.15) is 0 Å². The van der Waals surface area contributed by atoms with Crippen molar-refractivity contribution < 1.29 is 24.2 Å². The molecule has 1 N–H and O–H groups in total. The summed E-state index contributed by atoms with van der Waals surface area (Å²) in [4.78, 5) is 26.3. The van der Waals surface area contributed by atoms with Crippen LogP contribution in [0.2, 0.25) is 0 Å². The van der Waals surface area contributed by atoms with Crippen LogP contribution in [0.1, 0.15) is 17.2 Å². The molecule has 1 aliphatic heterocycles. The second kappa shape index (κ2) is 7.44. The van der Waals surface area contributed by atoms with Gasteiger partial charge in [-0.05, 0) is 24.3 Å². The third kappa shape index (κ3) is 3.30. The first-order valence-corrected chi connectivity index (χ1v) is 8.90. The Morgan fingerprint density at radius 3 is 2.33 bits per heavy atom. The number of benzene rings is 2. The maximum Gasteiger partial charge on any atom is 0.295 e. The van der Waals surface area contributed by atoms with Gasteiger partial charge < -0.3 is 19.5 Å². The van der Waals surface area contributed by atoms with E-state index in [0.29, 0.717) is 22.6 Å². The predicted molar refractivity (Wildman–Crippen MR) is 104 cm³/mol. The number of halogens is 1. The molecule has 7 heteroatoms. The topological polar surface area (TPSA) is 76.1 Å². The van der Waals surface area contributed by atoms with Crippen LogP contribution in [-0.2, 0) is 9.59 Å². The number of carbonyl (C=O) groups excluding carboxylic acids is 2. The molecular formula is C20H18BrNO5. The number of likely N-dealkylation sites (tertiary alicyclic amines) is 1. The van der Waals surface area contributed by atoms with Gasteiger partial charge in [0.1, 0.15) is 17.3 Å². The van der Waals surface area contributed by atoms with Gasteiger partial charge in [-0.15, -0.1) is 0 Å². The van der Waals surface area contributed by atoms with E-state index >= 15 is 0 Å². The molecule has 0 saturated carbocycles. The van der Waals surface area contributed by atoms with Crippen molar-refractivity contribution in [2.24, 2.45) is 0 Å². The summed E-state index contributed by atoms with van der Waals surface area (Å²) >= 11 is 3.33. The van der Waals surface area contributed by atoms with Crippen molar-refractivity contribution in [3.05, 3.63) is 63.6 Å². The summed E-state index contributed by atoms with van der Waals surface area (Å²) < 4.78 is 11.5. The van der Waals surface area contributed by atoms with E-state index in [4.69, 9.17) is 9.47 Å². The van der Waals surface area contributed by atoms with Gasteiger partial charge >= 0.3 is 0 Å². The molecule has 1 atom stereocenters. The molecule has 0 radical (unpaired) electrons. The number of Topliss-reactive ketones (excluding diaryl/α,β-unsaturated/α-hetero) is 1. The molecular weight excluding hydrogens is 414 g/mol. The van der Waals surface area contributed by atoms with E-state index in [1.54, 1.807) is 42.5 Å². The Hall–Kier alpha value is -2.80. The number of nitrogens with zero attached hydrogens (tertiary/aromatic N) is 1. The summed E-state index contributed by atoms with van der Waals surface area (Å²) in [5.74, 6) is -0.614. The van der Waals surface area contributed by atoms with Crippen LogP contribution in [0.4, 0.5) is 0 Å². The highest BCUT2D eigenvalue weighted by Crippen LogP contribution is 2.42. The zero-order chi connectivity index (χ0) is 19.7. The first-order valence-electron chi connectivity index (χ1n) is 8.11. The maximum absolute atomic E-state index is 12.6. The molecule has 1 amide bonds. The van der Waals surface area contributed by atoms with Crippen molar-refractivity contribution in [3.8, 4) is 11.5 Å². The molecule has 0 spiro atoms. The minimum Gasteiger partial charge on any atom is -0.507 e. The first kappa shape index (κ1) is 19.0. The number of amides is 1. The Bertz CT molecular complexity index is 936. The zero-order valence-corrected chi connectivity index (χ0v) is 16.6. The lowest BCUT2D eigenvalue weighted by Gasteiger charge is -2.23. The van der Waals surface area contributed by atoms with Crippen LogP contribution < -0.4 is 9.47 Å². The highest BCUT2D eigenvalue weighted by molar-refractivity contribution is 9.10. The molecule has 27 heavy (non-hydrogen) atoms. The zero-order valence-electron chi connectivity index (χ0n) is 15.0. The van der Waals surface area contributed by atoms with Crippen LogP contribution >= 0.6 is 15.9 Å². The largest absolute Gasteiger partial charge is 0.507 e. The van der Waals surface area contributed by atoms with Crippen LogP contribution in [0.15, 0.2) is 52.5 Å². The molecule has 1 unspecified atom stereocenters. The summed E-state index contributed by atoms with van der Waals surface area (Å²) in [5.41, 5.74) is 1.05. The van der Waals surface area contributed by atoms with Crippen LogP contribution in [0.25, 0.3) is 5.76 Å². The van der Waals surface area contributed by atoms with Crippen molar-refractivity contribution in [1.29, 1.82) is 0 Å². The van der Waals surface area contributed by atoms with Crippen molar-refractivity contribution >= 4 is 33.4 Å². The Morgan fingerprint density at radius 2 is 1.74 bits per heavy atom. The van der Waals surface area contributed by atoms with Crippen LogP contribution in [0, 0.1) is 0 Å². The highest BCUT2D eigenvalue weighted by Gasteiger charge is 2.45. The number of carbonyl (C=O) groups is 2. The van der Waals surface area contributed by atoms with Crippen molar-refractivity contribution in [2.45, 2.75) is 6.04 Å². The van der Waals surface area contributed by atoms with Gasteiger partial charge in [0.2, 0.25) is 0 Å². The van der Waals surface area contributed by atoms with E-state index in [1.165, 1.54) is 26.2 Å². The first-order chi connectivity index (χ1) is 12.9. The summed E-state index contributed by atoms with van der Waals surface area (Å²) in [5, 5.41) is 10.8. The third-order valence-corrected chi connectivity index (χ3v) is 5.06. The normalized spacial score (nSPS) is 18.7. The smallest absolute Gasteiger partial charge is 0.295 e. The second-order valence-electron chi connectivity index (χ2n) is 6.02. The van der Waals surface area contributed by atoms with Crippen molar-refractivity contribution in [2.75, 3.05) is 21.3 Å². The van der Waals surface area contributed by atoms with E-state index in [2.05, 4.69) is 15.9 Å². The average Bonchev–Trinajstić information content (AvgIpc) is 2.91. The van der Waals surface area contributed by atoms with Crippen LogP contribution in [0.5, 0.6) is 11.5 Å². The molecule has 140 valence electrons. The Morgan fingerprint density at radius 1 is 1.07 bits per heavy atom. The molecule has 0 aliphatic carbocycles. The Balaban J connectivity index is 2.20. The number of methoxy groups -OCH3 is 2. The van der Waals surface area contributed by atoms with Crippen molar-refractivity contribution in [3.63, 3.8) is 0 Å². The number of aliphatic hydroxyl groups excluding tert-OH is 1. The van der Waals surface area contributed by atoms with Crippen LogP contribution in [-0.4, -0.2) is 43.0 Å². The predicted octanol–water partition coefficient (Wildman–Crippen LogP) is 3.52. The number of hydrogen-bond donors (Lipinski definition) is 1. The fourth-order valence-corrected chi connectivity index (χ4v) is 3.38. The van der Waals surface area contributed by atoms with E-state index in [9.17, 15) is 14.7 Å². The molecule has 1 aliphatic rings. The SMILES string of the molecule is COc1ccc(C2C(=C(O)c3ccc(Br)cc3)C(=O)C(=O)N2C)c(OC)c1. The van der Waals surface area contributed by atoms with Gasteiger partial charge in [-0.25, -0.2) is 0 Å². The number of hydrogen-bond acceptors (Lipinski definition) is 5. The molecule has 1 heterocycles. The lowest BCUT2D eigenvalue weighted by Crippen LogP contribution is -2.25. The molecule has 1 fully saturated rings. The fourth-order valence-electron chi connectivity index (χ4n) is 3.12. The Labute approximate surface area is 165 Å². The monoisotopic (exact) mass is 431 g/mol. The van der Waals surface area contributed by atoms with Gasteiger partial charge in [0, 0.05) is 28.7 Å². The van der Waals surface area contributed by atoms with E-state index in [-0.39, 0.29) is 11.3 Å². The lowest BCUT2D eigenvalue weighted by molar-refractivity contribution is -0.139. The summed E-state index contributed by atoms with van der Waals surface area (Å²) in [6.07, 6.45) is 0. The van der Waals surface area contributed by atoms with E-state index in [0.717, 1.165) is 4.47 Å². The van der Waals surface area contributed by atoms with Gasteiger partial charge in [0.15, 0.2) is 0 Å². The minimum absolute atomic E-state index is 0.0216. The molecule has 0 bridgehead atoms. The van der Waals surface area contributed by atoms with Crippen molar-refractivity contribution in [1.82, 2.24) is 4.90 Å². The van der Waals surface area contributed by atoms with E-state index in [1.807, 2.05) is 0 Å². The lowest BCUT2D eigenvalue weighted by atomic mass is 9.94. The quantitative estimate of drug-likeness (QED) is 0.455. The summed E-state index contributed by atoms with van der Waals surface area (Å²) in [6, 6.07) is 11.2. The van der Waals surface area contributed by atoms with Gasteiger partial charge in [0.05, 0.1) is 25.8 Å². The van der Waals surface area contributed by atoms with Gasteiger partial charge in [-0.1, -0.05) is 28.1 Å². The van der Waals surface area contributed by atoms with Gasteiger partial charge in [0.25, 0.3) is 11.7 Å². The van der Waals surface area contributed by atoms with Gasteiger partial charge in [-0.3, -0.25) is 9.59 Å². The number of aliphatic hydroxyl groups is 1. The third-order valence-electron chi connectivity index (χ3n) is 4.53.